The summed E-state index contributed by atoms with van der Waals surface area (Å²) < 4.78 is 62.4. The number of nitrogens with one attached hydrogen (secondary N) is 1. The van der Waals surface area contributed by atoms with Gasteiger partial charge in [0.2, 0.25) is 10.0 Å². The molecular weight excluding hydrogens is 494 g/mol. The van der Waals surface area contributed by atoms with E-state index in [1.54, 1.807) is 13.0 Å². The van der Waals surface area contributed by atoms with Crippen molar-refractivity contribution >= 4 is 20.9 Å². The zero-order valence-corrected chi connectivity index (χ0v) is 20.0. The highest BCUT2D eigenvalue weighted by molar-refractivity contribution is 7.89. The highest BCUT2D eigenvalue weighted by Crippen LogP contribution is 2.37. The maximum atomic E-state index is 13.4. The molecule has 0 bridgehead atoms. The molecule has 2 heterocycles. The lowest BCUT2D eigenvalue weighted by Gasteiger charge is -2.16. The van der Waals surface area contributed by atoms with Gasteiger partial charge in [0.05, 0.1) is 40.1 Å². The number of nitrogens with zero attached hydrogens (tertiary/aromatic N) is 3. The summed E-state index contributed by atoms with van der Waals surface area (Å²) in [6.07, 6.45) is 0.772. The molecule has 1 N–H and O–H groups in total. The Bertz CT molecular complexity index is 1690. The van der Waals surface area contributed by atoms with Crippen LogP contribution in [0.15, 0.2) is 67.5 Å². The van der Waals surface area contributed by atoms with Gasteiger partial charge >= 0.3 is 5.69 Å². The minimum absolute atomic E-state index is 0.000630. The lowest BCUT2D eigenvalue weighted by atomic mass is 10.2. The summed E-state index contributed by atoms with van der Waals surface area (Å²) in [7, 11) is -4.13. The van der Waals surface area contributed by atoms with Gasteiger partial charge in [-0.3, -0.25) is 13.9 Å². The van der Waals surface area contributed by atoms with Crippen molar-refractivity contribution in [2.45, 2.75) is 43.3 Å². The molecule has 0 unspecified atom stereocenters. The molecule has 0 atom stereocenters. The van der Waals surface area contributed by atoms with Gasteiger partial charge in [0.15, 0.2) is 5.76 Å². The van der Waals surface area contributed by atoms with E-state index in [1.165, 1.54) is 47.0 Å². The molecule has 12 heteroatoms. The summed E-state index contributed by atoms with van der Waals surface area (Å²) in [6, 6.07) is 10.9. The molecule has 36 heavy (non-hydrogen) atoms. The third-order valence-corrected chi connectivity index (χ3v) is 7.79. The zero-order valence-electron chi connectivity index (χ0n) is 19.2. The SMILES string of the molecule is Cc1cc(Cn2c(=O)c3cc(S(=O)(=O)NC4(CF)CC4)ccc3n(Cc3ccc(F)cc3)c2=O)on1. The second-order valence-corrected chi connectivity index (χ2v) is 10.7. The molecule has 9 nitrogen and oxygen atoms in total. The average Bonchev–Trinajstić information content (AvgIpc) is 3.50. The van der Waals surface area contributed by atoms with E-state index in [4.69, 9.17) is 4.52 Å². The zero-order chi connectivity index (χ0) is 25.7. The van der Waals surface area contributed by atoms with Crippen LogP contribution >= 0.6 is 0 Å². The molecule has 0 saturated heterocycles. The quantitative estimate of drug-likeness (QED) is 0.385. The smallest absolute Gasteiger partial charge is 0.332 e. The number of rotatable bonds is 8. The molecule has 4 aromatic rings. The average molecular weight is 517 g/mol. The van der Waals surface area contributed by atoms with Crippen molar-refractivity contribution in [2.75, 3.05) is 6.67 Å². The Labute approximate surface area is 204 Å². The minimum atomic E-state index is -4.13. The summed E-state index contributed by atoms with van der Waals surface area (Å²) in [6.45, 7) is 0.635. The van der Waals surface area contributed by atoms with Crippen molar-refractivity contribution in [3.63, 3.8) is 0 Å². The molecule has 1 aliphatic rings. The van der Waals surface area contributed by atoms with E-state index < -0.39 is 39.3 Å². The van der Waals surface area contributed by atoms with Crippen LogP contribution in [0.5, 0.6) is 0 Å². The third kappa shape index (κ3) is 4.49. The Kier molecular flexibility index (Phi) is 5.87. The summed E-state index contributed by atoms with van der Waals surface area (Å²) >= 11 is 0. The molecule has 0 spiro atoms. The summed E-state index contributed by atoms with van der Waals surface area (Å²) in [5.41, 5.74) is -1.13. The van der Waals surface area contributed by atoms with Crippen LogP contribution in [0.4, 0.5) is 8.78 Å². The van der Waals surface area contributed by atoms with E-state index >= 15 is 0 Å². The highest BCUT2D eigenvalue weighted by Gasteiger charge is 2.46. The lowest BCUT2D eigenvalue weighted by Crippen LogP contribution is -2.41. The van der Waals surface area contributed by atoms with E-state index in [1.807, 2.05) is 0 Å². The van der Waals surface area contributed by atoms with E-state index in [-0.39, 0.29) is 34.6 Å². The normalized spacial score (nSPS) is 14.9. The van der Waals surface area contributed by atoms with Crippen LogP contribution in [0, 0.1) is 12.7 Å². The summed E-state index contributed by atoms with van der Waals surface area (Å²) in [5.74, 6) is -0.172. The van der Waals surface area contributed by atoms with Crippen molar-refractivity contribution in [3.05, 3.63) is 92.2 Å². The van der Waals surface area contributed by atoms with Crippen molar-refractivity contribution in [1.29, 1.82) is 0 Å². The number of sulfonamides is 1. The van der Waals surface area contributed by atoms with Crippen LogP contribution in [0.2, 0.25) is 0 Å². The second-order valence-electron chi connectivity index (χ2n) is 9.02. The molecular formula is C24H22F2N4O5S. The first-order valence-corrected chi connectivity index (χ1v) is 12.6. The standard InChI is InChI=1S/C24H22F2N4O5S/c1-15-10-18(35-27-15)13-30-22(31)20-11-19(36(33,34)28-24(14-25)8-9-24)6-7-21(20)29(23(30)32)12-16-2-4-17(26)5-3-16/h2-7,10-11,28H,8-9,12-14H2,1H3. The molecule has 1 aliphatic carbocycles. The van der Waals surface area contributed by atoms with Crippen LogP contribution in [0.25, 0.3) is 10.9 Å². The monoisotopic (exact) mass is 516 g/mol. The maximum Gasteiger partial charge on any atom is 0.332 e. The van der Waals surface area contributed by atoms with Gasteiger partial charge in [-0.25, -0.2) is 26.7 Å². The maximum absolute atomic E-state index is 13.4. The van der Waals surface area contributed by atoms with Gasteiger partial charge in [-0.05, 0) is 55.7 Å². The first-order chi connectivity index (χ1) is 17.1. The number of aromatic nitrogens is 3. The molecule has 0 aliphatic heterocycles. The first-order valence-electron chi connectivity index (χ1n) is 11.1. The number of alkyl halides is 1. The van der Waals surface area contributed by atoms with Crippen molar-refractivity contribution in [1.82, 2.24) is 19.0 Å². The van der Waals surface area contributed by atoms with Crippen molar-refractivity contribution in [2.24, 2.45) is 0 Å². The molecule has 0 amide bonds. The molecule has 2 aromatic carbocycles. The highest BCUT2D eigenvalue weighted by atomic mass is 32.2. The van der Waals surface area contributed by atoms with E-state index in [2.05, 4.69) is 9.88 Å². The topological polar surface area (TPSA) is 116 Å². The van der Waals surface area contributed by atoms with Gasteiger partial charge in [-0.15, -0.1) is 0 Å². The molecule has 2 aromatic heterocycles. The predicted molar refractivity (Wildman–Crippen MR) is 127 cm³/mol. The fraction of sp³-hybridized carbons (Fsp3) is 0.292. The fourth-order valence-electron chi connectivity index (χ4n) is 4.04. The largest absolute Gasteiger partial charge is 0.359 e. The molecule has 5 rings (SSSR count). The van der Waals surface area contributed by atoms with Crippen LogP contribution in [0.3, 0.4) is 0 Å². The lowest BCUT2D eigenvalue weighted by molar-refractivity contribution is 0.368. The summed E-state index contributed by atoms with van der Waals surface area (Å²) in [4.78, 5) is 26.6. The molecule has 1 saturated carbocycles. The first kappa shape index (κ1) is 24.1. The van der Waals surface area contributed by atoms with Gasteiger partial charge in [0.25, 0.3) is 5.56 Å². The predicted octanol–water partition coefficient (Wildman–Crippen LogP) is 2.48. The number of halogens is 2. The Balaban J connectivity index is 1.67. The minimum Gasteiger partial charge on any atom is -0.359 e. The second kappa shape index (κ2) is 8.79. The number of fused-ring (bicyclic) bond motifs is 1. The number of aryl methyl sites for hydroxylation is 1. The van der Waals surface area contributed by atoms with Crippen LogP contribution in [-0.4, -0.2) is 34.9 Å². The van der Waals surface area contributed by atoms with Gasteiger partial charge in [0.1, 0.15) is 12.5 Å². The Morgan fingerprint density at radius 1 is 1.06 bits per heavy atom. The summed E-state index contributed by atoms with van der Waals surface area (Å²) in [5, 5.41) is 3.75. The van der Waals surface area contributed by atoms with Crippen LogP contribution in [0.1, 0.15) is 29.9 Å². The van der Waals surface area contributed by atoms with Gasteiger partial charge in [-0.1, -0.05) is 17.3 Å². The van der Waals surface area contributed by atoms with Crippen LogP contribution < -0.4 is 16.0 Å². The van der Waals surface area contributed by atoms with E-state index in [0.29, 0.717) is 24.1 Å². The molecule has 188 valence electrons. The van der Waals surface area contributed by atoms with Gasteiger partial charge < -0.3 is 4.52 Å². The van der Waals surface area contributed by atoms with Gasteiger partial charge in [0, 0.05) is 6.07 Å². The Morgan fingerprint density at radius 2 is 1.78 bits per heavy atom. The number of hydrogen-bond acceptors (Lipinski definition) is 6. The van der Waals surface area contributed by atoms with Crippen LogP contribution in [-0.2, 0) is 23.1 Å². The van der Waals surface area contributed by atoms with E-state index in [0.717, 1.165) is 4.57 Å². The van der Waals surface area contributed by atoms with Gasteiger partial charge in [-0.2, -0.15) is 0 Å². The third-order valence-electron chi connectivity index (χ3n) is 6.21. The van der Waals surface area contributed by atoms with E-state index in [9.17, 15) is 26.8 Å². The molecule has 0 radical (unpaired) electrons. The number of hydrogen-bond donors (Lipinski definition) is 1. The molecule has 1 fully saturated rings. The van der Waals surface area contributed by atoms with Crippen molar-refractivity contribution in [3.8, 4) is 0 Å². The van der Waals surface area contributed by atoms with Crippen molar-refractivity contribution < 1.29 is 21.7 Å². The Morgan fingerprint density at radius 3 is 2.39 bits per heavy atom. The Hall–Kier alpha value is -3.64. The fourth-order valence-corrected chi connectivity index (χ4v) is 5.51. The number of benzene rings is 2.